The molecule has 1 aliphatic heterocycles. The number of nitrogens with zero attached hydrogens (tertiary/aromatic N) is 1. The van der Waals surface area contributed by atoms with Crippen LogP contribution in [-0.2, 0) is 0 Å². The lowest BCUT2D eigenvalue weighted by Gasteiger charge is -2.38. The smallest absolute Gasteiger partial charge is 0.161 e. The van der Waals surface area contributed by atoms with E-state index < -0.39 is 0 Å². The molecule has 0 amide bonds. The normalized spacial score (nSPS) is 35.8. The largest absolute Gasteiger partial charge is 0.348 e. The van der Waals surface area contributed by atoms with E-state index in [4.69, 9.17) is 0 Å². The van der Waals surface area contributed by atoms with Gasteiger partial charge in [0, 0.05) is 0 Å². The maximum absolute atomic E-state index is 2.60. The third kappa shape index (κ3) is 1.57. The van der Waals surface area contributed by atoms with Crippen LogP contribution in [0, 0.1) is 0 Å². The minimum absolute atomic E-state index is 0.828. The summed E-state index contributed by atoms with van der Waals surface area (Å²) in [5.74, 6) is 0. The first-order valence-electron chi connectivity index (χ1n) is 4.51. The average Bonchev–Trinajstić information content (AvgIpc) is 1.88. The summed E-state index contributed by atoms with van der Waals surface area (Å²) in [5.41, 5.74) is 0. The predicted molar refractivity (Wildman–Crippen MR) is 50.3 cm³/mol. The van der Waals surface area contributed by atoms with Gasteiger partial charge in [0.2, 0.25) is 0 Å². The van der Waals surface area contributed by atoms with Crippen LogP contribution in [0.2, 0.25) is 0 Å². The standard InChI is InChI=1S/C7H17B2N/c1-6-4-3-5-7(2)10(6)9-8/h6-7,9H,3-5,8H2,1-2H3. The molecule has 3 heteroatoms. The van der Waals surface area contributed by atoms with Crippen LogP contribution in [0.5, 0.6) is 0 Å². The van der Waals surface area contributed by atoms with Crippen LogP contribution in [0.3, 0.4) is 0 Å². The number of piperidine rings is 1. The first-order chi connectivity index (χ1) is 4.75. The molecular formula is C7H17B2N. The van der Waals surface area contributed by atoms with Gasteiger partial charge in [-0.05, 0) is 24.9 Å². The van der Waals surface area contributed by atoms with Gasteiger partial charge in [-0.25, -0.2) is 0 Å². The van der Waals surface area contributed by atoms with Gasteiger partial charge in [0.25, 0.3) is 0 Å². The van der Waals surface area contributed by atoms with Crippen molar-refractivity contribution in [1.29, 1.82) is 0 Å². The summed E-state index contributed by atoms with van der Waals surface area (Å²) in [6.45, 7) is 4.69. The molecule has 0 aromatic carbocycles. The van der Waals surface area contributed by atoms with E-state index >= 15 is 0 Å². The Hall–Kier alpha value is 0.0899. The third-order valence-electron chi connectivity index (χ3n) is 2.74. The Balaban J connectivity index is 2.45. The van der Waals surface area contributed by atoms with Crippen LogP contribution < -0.4 is 0 Å². The molecule has 2 atom stereocenters. The second kappa shape index (κ2) is 3.47. The molecule has 1 aliphatic rings. The van der Waals surface area contributed by atoms with Crippen molar-refractivity contribution in [3.8, 4) is 0 Å². The maximum Gasteiger partial charge on any atom is 0.161 e. The quantitative estimate of drug-likeness (QED) is 0.464. The molecule has 0 saturated carbocycles. The summed E-state index contributed by atoms with van der Waals surface area (Å²) in [7, 11) is 3.49. The Morgan fingerprint density at radius 3 is 2.10 bits per heavy atom. The first-order valence-corrected chi connectivity index (χ1v) is 4.51. The molecule has 2 unspecified atom stereocenters. The molecule has 56 valence electrons. The van der Waals surface area contributed by atoms with Crippen LogP contribution in [0.4, 0.5) is 0 Å². The van der Waals surface area contributed by atoms with E-state index in [0.29, 0.717) is 0 Å². The molecule has 1 heterocycles. The van der Waals surface area contributed by atoms with Crippen molar-refractivity contribution < 1.29 is 0 Å². The molecular weight excluding hydrogens is 120 g/mol. The van der Waals surface area contributed by atoms with Gasteiger partial charge in [-0.2, -0.15) is 0 Å². The van der Waals surface area contributed by atoms with Crippen molar-refractivity contribution >= 4 is 15.0 Å². The molecule has 0 radical (unpaired) electrons. The molecule has 1 nitrogen and oxygen atoms in total. The molecule has 0 bridgehead atoms. The SMILES string of the molecule is BBN1C(C)CCCC1C. The molecule has 0 N–H and O–H groups in total. The van der Waals surface area contributed by atoms with Gasteiger partial charge in [-0.1, -0.05) is 20.3 Å². The van der Waals surface area contributed by atoms with Crippen LogP contribution in [0.15, 0.2) is 0 Å². The van der Waals surface area contributed by atoms with Crippen molar-refractivity contribution in [2.45, 2.75) is 45.2 Å². The van der Waals surface area contributed by atoms with E-state index in [-0.39, 0.29) is 0 Å². The summed E-state index contributed by atoms with van der Waals surface area (Å²) in [6, 6.07) is 1.66. The van der Waals surface area contributed by atoms with Gasteiger partial charge in [0.1, 0.15) is 0 Å². The summed E-state index contributed by atoms with van der Waals surface area (Å²) >= 11 is 0. The van der Waals surface area contributed by atoms with E-state index in [1.54, 1.807) is 0 Å². The Labute approximate surface area is 65.8 Å². The molecule has 10 heavy (non-hydrogen) atoms. The zero-order chi connectivity index (χ0) is 7.56. The van der Waals surface area contributed by atoms with Gasteiger partial charge < -0.3 is 4.81 Å². The van der Waals surface area contributed by atoms with Crippen LogP contribution in [-0.4, -0.2) is 31.9 Å². The number of rotatable bonds is 1. The van der Waals surface area contributed by atoms with Crippen LogP contribution in [0.25, 0.3) is 0 Å². The molecule has 0 spiro atoms. The van der Waals surface area contributed by atoms with E-state index in [2.05, 4.69) is 26.4 Å². The lowest BCUT2D eigenvalue weighted by Crippen LogP contribution is -2.46. The topological polar surface area (TPSA) is 3.24 Å². The third-order valence-corrected chi connectivity index (χ3v) is 2.74. The predicted octanol–water partition coefficient (Wildman–Crippen LogP) is 0.149. The van der Waals surface area contributed by atoms with Crippen molar-refractivity contribution in [3.05, 3.63) is 0 Å². The van der Waals surface area contributed by atoms with Gasteiger partial charge >= 0.3 is 0 Å². The molecule has 0 aliphatic carbocycles. The Morgan fingerprint density at radius 2 is 1.80 bits per heavy atom. The Bertz CT molecular complexity index is 97.8. The highest BCUT2D eigenvalue weighted by Crippen LogP contribution is 2.20. The van der Waals surface area contributed by atoms with E-state index in [9.17, 15) is 0 Å². The highest BCUT2D eigenvalue weighted by atomic mass is 15.1. The minimum Gasteiger partial charge on any atom is -0.348 e. The second-order valence-corrected chi connectivity index (χ2v) is 3.46. The minimum atomic E-state index is 0.828. The fourth-order valence-corrected chi connectivity index (χ4v) is 2.10. The second-order valence-electron chi connectivity index (χ2n) is 3.46. The lowest BCUT2D eigenvalue weighted by molar-refractivity contribution is 0.209. The van der Waals surface area contributed by atoms with Crippen molar-refractivity contribution in [2.75, 3.05) is 0 Å². The number of hydrogen-bond donors (Lipinski definition) is 0. The maximum atomic E-state index is 2.60. The first kappa shape index (κ1) is 8.19. The summed E-state index contributed by atoms with van der Waals surface area (Å²) in [6.07, 6.45) is 4.23. The van der Waals surface area contributed by atoms with Gasteiger partial charge in [-0.15, -0.1) is 0 Å². The molecule has 0 aromatic rings. The monoisotopic (exact) mass is 137 g/mol. The molecule has 1 fully saturated rings. The van der Waals surface area contributed by atoms with Crippen molar-refractivity contribution in [2.24, 2.45) is 0 Å². The fourth-order valence-electron chi connectivity index (χ4n) is 2.10. The zero-order valence-corrected chi connectivity index (χ0v) is 7.43. The average molecular weight is 137 g/mol. The summed E-state index contributed by atoms with van der Waals surface area (Å²) in [4.78, 5) is 2.60. The highest BCUT2D eigenvalue weighted by molar-refractivity contribution is 6.87. The van der Waals surface area contributed by atoms with E-state index in [1.165, 1.54) is 26.6 Å². The fraction of sp³-hybridized carbons (Fsp3) is 1.00. The number of hydrogen-bond acceptors (Lipinski definition) is 1. The Morgan fingerprint density at radius 1 is 1.30 bits per heavy atom. The van der Waals surface area contributed by atoms with E-state index in [0.717, 1.165) is 12.1 Å². The van der Waals surface area contributed by atoms with Crippen molar-refractivity contribution in [1.82, 2.24) is 4.81 Å². The summed E-state index contributed by atoms with van der Waals surface area (Å²) < 4.78 is 0. The van der Waals surface area contributed by atoms with Gasteiger partial charge in [-0.3, -0.25) is 0 Å². The van der Waals surface area contributed by atoms with Crippen molar-refractivity contribution in [3.63, 3.8) is 0 Å². The molecule has 1 saturated heterocycles. The van der Waals surface area contributed by atoms with Gasteiger partial charge in [0.15, 0.2) is 7.31 Å². The van der Waals surface area contributed by atoms with Crippen LogP contribution in [0.1, 0.15) is 33.1 Å². The lowest BCUT2D eigenvalue weighted by atomic mass is 9.62. The van der Waals surface area contributed by atoms with Gasteiger partial charge in [0.05, 0.1) is 7.74 Å². The molecule has 1 rings (SSSR count). The molecule has 0 aromatic heterocycles. The Kier molecular flexibility index (Phi) is 2.84. The van der Waals surface area contributed by atoms with Crippen LogP contribution >= 0.6 is 0 Å². The highest BCUT2D eigenvalue weighted by Gasteiger charge is 2.22. The van der Waals surface area contributed by atoms with E-state index in [1.807, 2.05) is 0 Å². The zero-order valence-electron chi connectivity index (χ0n) is 7.43. The summed E-state index contributed by atoms with van der Waals surface area (Å²) in [5, 5.41) is 0.